The fourth-order valence-corrected chi connectivity index (χ4v) is 2.19. The van der Waals surface area contributed by atoms with E-state index < -0.39 is 0 Å². The molecule has 0 unspecified atom stereocenters. The second-order valence-corrected chi connectivity index (χ2v) is 6.55. The predicted octanol–water partition coefficient (Wildman–Crippen LogP) is 2.51. The summed E-state index contributed by atoms with van der Waals surface area (Å²) in [4.78, 5) is 17.0. The topological polar surface area (TPSA) is 64.6 Å². The fraction of sp³-hybridized carbons (Fsp3) is 0.727. The van der Waals surface area contributed by atoms with E-state index in [4.69, 9.17) is 9.47 Å². The first-order valence-corrected chi connectivity index (χ1v) is 7.36. The predicted molar refractivity (Wildman–Crippen MR) is 76.0 cm³/mol. The molecule has 0 spiro atoms. The molecule has 1 amide bonds. The van der Waals surface area contributed by atoms with Gasteiger partial charge in [-0.2, -0.15) is 9.36 Å². The highest BCUT2D eigenvalue weighted by atomic mass is 32.2. The number of ether oxygens (including phenoxy) is 2. The van der Waals surface area contributed by atoms with E-state index in [0.29, 0.717) is 23.6 Å². The molecule has 0 saturated carbocycles. The zero-order chi connectivity index (χ0) is 14.5. The number of carbonyl (C=O) groups excluding carboxylic acids is 1. The van der Waals surface area contributed by atoms with E-state index in [1.165, 1.54) is 4.90 Å². The SMILES string of the molecule is CN(C)C(=O)Sc1nsc(OCCOC(C)(C)C)n1. The number of hydrogen-bond acceptors (Lipinski definition) is 7. The van der Waals surface area contributed by atoms with Crippen LogP contribution >= 0.6 is 23.3 Å². The van der Waals surface area contributed by atoms with Crippen LogP contribution in [-0.2, 0) is 4.74 Å². The van der Waals surface area contributed by atoms with Crippen LogP contribution in [0.25, 0.3) is 0 Å². The lowest BCUT2D eigenvalue weighted by Gasteiger charge is -2.18. The Bertz CT molecular complexity index is 416. The van der Waals surface area contributed by atoms with Crippen LogP contribution in [-0.4, -0.2) is 52.4 Å². The third kappa shape index (κ3) is 6.74. The summed E-state index contributed by atoms with van der Waals surface area (Å²) < 4.78 is 15.0. The molecule has 0 aromatic carbocycles. The highest BCUT2D eigenvalue weighted by Gasteiger charge is 2.13. The minimum Gasteiger partial charge on any atom is -0.467 e. The molecule has 108 valence electrons. The number of thioether (sulfide) groups is 1. The lowest BCUT2D eigenvalue weighted by atomic mass is 10.2. The number of hydrogen-bond donors (Lipinski definition) is 0. The van der Waals surface area contributed by atoms with Gasteiger partial charge in [-0.1, -0.05) is 0 Å². The van der Waals surface area contributed by atoms with Crippen LogP contribution < -0.4 is 4.74 Å². The van der Waals surface area contributed by atoms with Gasteiger partial charge in [0.2, 0.25) is 5.16 Å². The highest BCUT2D eigenvalue weighted by molar-refractivity contribution is 8.13. The van der Waals surface area contributed by atoms with Crippen LogP contribution in [0, 0.1) is 0 Å². The smallest absolute Gasteiger partial charge is 0.294 e. The maximum absolute atomic E-state index is 11.4. The first-order valence-electron chi connectivity index (χ1n) is 5.77. The summed E-state index contributed by atoms with van der Waals surface area (Å²) in [7, 11) is 3.37. The van der Waals surface area contributed by atoms with E-state index in [1.54, 1.807) is 14.1 Å². The van der Waals surface area contributed by atoms with Gasteiger partial charge in [0.05, 0.1) is 12.2 Å². The van der Waals surface area contributed by atoms with Gasteiger partial charge in [-0.25, -0.2) is 0 Å². The quantitative estimate of drug-likeness (QED) is 0.615. The van der Waals surface area contributed by atoms with Crippen LogP contribution in [0.5, 0.6) is 5.19 Å². The third-order valence-electron chi connectivity index (χ3n) is 1.78. The first-order chi connectivity index (χ1) is 8.78. The van der Waals surface area contributed by atoms with Crippen molar-refractivity contribution in [1.29, 1.82) is 0 Å². The van der Waals surface area contributed by atoms with Gasteiger partial charge in [0.25, 0.3) is 10.4 Å². The third-order valence-corrected chi connectivity index (χ3v) is 3.43. The molecule has 0 radical (unpaired) electrons. The number of nitrogens with zero attached hydrogens (tertiary/aromatic N) is 3. The van der Waals surface area contributed by atoms with E-state index in [2.05, 4.69) is 9.36 Å². The van der Waals surface area contributed by atoms with Crippen molar-refractivity contribution in [3.63, 3.8) is 0 Å². The minimum atomic E-state index is -0.177. The van der Waals surface area contributed by atoms with Crippen molar-refractivity contribution in [3.05, 3.63) is 0 Å². The van der Waals surface area contributed by atoms with Crippen LogP contribution in [0.15, 0.2) is 5.16 Å². The standard InChI is InChI=1S/C11H19N3O3S2/c1-11(2,3)17-7-6-16-9-12-8(13-19-9)18-10(15)14(4)5/h6-7H2,1-5H3. The molecule has 0 fully saturated rings. The summed E-state index contributed by atoms with van der Waals surface area (Å²) in [5.74, 6) is 0. The van der Waals surface area contributed by atoms with Gasteiger partial charge in [0.15, 0.2) is 0 Å². The van der Waals surface area contributed by atoms with Crippen LogP contribution in [0.1, 0.15) is 20.8 Å². The van der Waals surface area contributed by atoms with E-state index in [9.17, 15) is 4.79 Å². The molecule has 0 saturated heterocycles. The van der Waals surface area contributed by atoms with Crippen molar-refractivity contribution < 1.29 is 14.3 Å². The summed E-state index contributed by atoms with van der Waals surface area (Å²) >= 11 is 2.11. The van der Waals surface area contributed by atoms with Gasteiger partial charge in [-0.3, -0.25) is 4.79 Å². The molecule has 0 atom stereocenters. The van der Waals surface area contributed by atoms with E-state index in [-0.39, 0.29) is 10.8 Å². The first kappa shape index (κ1) is 16.2. The normalized spacial score (nSPS) is 11.4. The molecule has 0 bridgehead atoms. The van der Waals surface area contributed by atoms with Crippen LogP contribution in [0.2, 0.25) is 0 Å². The van der Waals surface area contributed by atoms with Gasteiger partial charge in [0.1, 0.15) is 6.61 Å². The van der Waals surface area contributed by atoms with Crippen LogP contribution in [0.4, 0.5) is 4.79 Å². The van der Waals surface area contributed by atoms with E-state index >= 15 is 0 Å². The van der Waals surface area contributed by atoms with Crippen molar-refractivity contribution in [2.45, 2.75) is 31.5 Å². The van der Waals surface area contributed by atoms with E-state index in [0.717, 1.165) is 23.3 Å². The molecular formula is C11H19N3O3S2. The Morgan fingerprint density at radius 2 is 2.05 bits per heavy atom. The molecular weight excluding hydrogens is 286 g/mol. The average molecular weight is 305 g/mol. The Hall–Kier alpha value is -0.860. The van der Waals surface area contributed by atoms with Crippen molar-refractivity contribution in [1.82, 2.24) is 14.3 Å². The highest BCUT2D eigenvalue weighted by Crippen LogP contribution is 2.23. The zero-order valence-electron chi connectivity index (χ0n) is 11.8. The molecule has 19 heavy (non-hydrogen) atoms. The molecule has 0 N–H and O–H groups in total. The number of amides is 1. The van der Waals surface area contributed by atoms with Gasteiger partial charge in [-0.05, 0) is 20.8 Å². The maximum atomic E-state index is 11.4. The van der Waals surface area contributed by atoms with Gasteiger partial charge < -0.3 is 14.4 Å². The molecule has 1 aromatic rings. The number of rotatable bonds is 5. The Labute approximate surface area is 121 Å². The molecule has 1 rings (SSSR count). The second kappa shape index (κ2) is 7.06. The molecule has 8 heteroatoms. The fourth-order valence-electron chi connectivity index (χ4n) is 0.943. The summed E-state index contributed by atoms with van der Waals surface area (Å²) in [6, 6.07) is 0. The summed E-state index contributed by atoms with van der Waals surface area (Å²) in [5.41, 5.74) is -0.177. The summed E-state index contributed by atoms with van der Waals surface area (Å²) in [6.45, 7) is 6.86. The number of aromatic nitrogens is 2. The Morgan fingerprint density at radius 1 is 1.37 bits per heavy atom. The molecule has 6 nitrogen and oxygen atoms in total. The Balaban J connectivity index is 2.33. The molecule has 0 aliphatic heterocycles. The second-order valence-electron chi connectivity index (χ2n) is 4.91. The minimum absolute atomic E-state index is 0.111. The average Bonchev–Trinajstić information content (AvgIpc) is 2.71. The van der Waals surface area contributed by atoms with Crippen molar-refractivity contribution >= 4 is 28.5 Å². The molecule has 0 aliphatic rings. The molecule has 1 heterocycles. The number of carbonyl (C=O) groups is 1. The van der Waals surface area contributed by atoms with Gasteiger partial charge in [-0.15, -0.1) is 0 Å². The summed E-state index contributed by atoms with van der Waals surface area (Å²) in [5, 5.41) is 0.752. The van der Waals surface area contributed by atoms with E-state index in [1.807, 2.05) is 20.8 Å². The maximum Gasteiger partial charge on any atom is 0.294 e. The van der Waals surface area contributed by atoms with Gasteiger partial charge in [0, 0.05) is 37.4 Å². The lowest BCUT2D eigenvalue weighted by molar-refractivity contribution is -0.0163. The van der Waals surface area contributed by atoms with Crippen LogP contribution in [0.3, 0.4) is 0 Å². The van der Waals surface area contributed by atoms with Crippen molar-refractivity contribution in [2.75, 3.05) is 27.3 Å². The zero-order valence-corrected chi connectivity index (χ0v) is 13.4. The largest absolute Gasteiger partial charge is 0.467 e. The lowest BCUT2D eigenvalue weighted by Crippen LogP contribution is -2.22. The Kier molecular flexibility index (Phi) is 6.02. The van der Waals surface area contributed by atoms with Crippen molar-refractivity contribution in [3.8, 4) is 5.19 Å². The summed E-state index contributed by atoms with van der Waals surface area (Å²) in [6.07, 6.45) is 0. The molecule has 1 aromatic heterocycles. The monoisotopic (exact) mass is 305 g/mol. The van der Waals surface area contributed by atoms with Crippen molar-refractivity contribution in [2.24, 2.45) is 0 Å². The Morgan fingerprint density at radius 3 is 2.63 bits per heavy atom. The molecule has 0 aliphatic carbocycles. The van der Waals surface area contributed by atoms with Gasteiger partial charge >= 0.3 is 0 Å².